The van der Waals surface area contributed by atoms with Crippen molar-refractivity contribution in [2.24, 2.45) is 10.7 Å². The molecule has 0 aromatic rings. The lowest BCUT2D eigenvalue weighted by Crippen LogP contribution is -2.16. The van der Waals surface area contributed by atoms with E-state index in [1.54, 1.807) is 6.92 Å². The topological polar surface area (TPSA) is 62.2 Å². The van der Waals surface area contributed by atoms with Gasteiger partial charge in [-0.15, -0.1) is 0 Å². The first-order valence-corrected chi connectivity index (χ1v) is 3.14. The van der Waals surface area contributed by atoms with Gasteiger partial charge in [-0.1, -0.05) is 6.58 Å². The molecule has 0 spiro atoms. The molecule has 1 unspecified atom stereocenters. The van der Waals surface area contributed by atoms with Gasteiger partial charge in [0, 0.05) is 11.6 Å². The van der Waals surface area contributed by atoms with Crippen LogP contribution in [0.2, 0.25) is 0 Å². The van der Waals surface area contributed by atoms with Crippen LogP contribution in [0, 0.1) is 11.3 Å². The normalized spacial score (nSPS) is 13.4. The molecule has 0 aromatic carbocycles. The SMILES string of the molecule is C=N/C(=C\C(=C)C#N)C(C)N. The number of nitriles is 1. The number of nitrogens with two attached hydrogens (primary N) is 1. The predicted molar refractivity (Wildman–Crippen MR) is 46.0 cm³/mol. The summed E-state index contributed by atoms with van der Waals surface area (Å²) in [6, 6.07) is 1.66. The Kier molecular flexibility index (Phi) is 3.86. The zero-order chi connectivity index (χ0) is 8.85. The van der Waals surface area contributed by atoms with Crippen molar-refractivity contribution in [2.45, 2.75) is 13.0 Å². The summed E-state index contributed by atoms with van der Waals surface area (Å²) in [4.78, 5) is 3.65. The van der Waals surface area contributed by atoms with Gasteiger partial charge in [0.25, 0.3) is 0 Å². The Morgan fingerprint density at radius 3 is 2.64 bits per heavy atom. The second-order valence-corrected chi connectivity index (χ2v) is 2.15. The first kappa shape index (κ1) is 9.60. The lowest BCUT2D eigenvalue weighted by atomic mass is 10.2. The van der Waals surface area contributed by atoms with Gasteiger partial charge in [-0.2, -0.15) is 5.26 Å². The third-order valence-corrected chi connectivity index (χ3v) is 1.11. The largest absolute Gasteiger partial charge is 0.323 e. The van der Waals surface area contributed by atoms with E-state index in [-0.39, 0.29) is 6.04 Å². The van der Waals surface area contributed by atoms with Crippen LogP contribution in [0.3, 0.4) is 0 Å². The van der Waals surface area contributed by atoms with Crippen LogP contribution in [-0.2, 0) is 0 Å². The van der Waals surface area contributed by atoms with E-state index in [2.05, 4.69) is 18.3 Å². The van der Waals surface area contributed by atoms with Crippen molar-refractivity contribution in [1.29, 1.82) is 5.26 Å². The molecule has 0 fully saturated rings. The van der Waals surface area contributed by atoms with E-state index in [1.807, 2.05) is 6.07 Å². The van der Waals surface area contributed by atoms with Crippen molar-refractivity contribution in [1.82, 2.24) is 0 Å². The van der Waals surface area contributed by atoms with Crippen molar-refractivity contribution in [3.63, 3.8) is 0 Å². The van der Waals surface area contributed by atoms with Crippen molar-refractivity contribution in [2.75, 3.05) is 0 Å². The summed E-state index contributed by atoms with van der Waals surface area (Å²) in [5, 5.41) is 8.36. The summed E-state index contributed by atoms with van der Waals surface area (Å²) < 4.78 is 0. The van der Waals surface area contributed by atoms with Crippen molar-refractivity contribution < 1.29 is 0 Å². The van der Waals surface area contributed by atoms with Crippen LogP contribution in [-0.4, -0.2) is 12.8 Å². The molecule has 0 aliphatic heterocycles. The Labute approximate surface area is 66.5 Å². The van der Waals surface area contributed by atoms with Gasteiger partial charge >= 0.3 is 0 Å². The number of hydrogen-bond donors (Lipinski definition) is 1. The fourth-order valence-electron chi connectivity index (χ4n) is 0.532. The van der Waals surface area contributed by atoms with Crippen LogP contribution in [0.15, 0.2) is 28.9 Å². The van der Waals surface area contributed by atoms with Crippen LogP contribution in [0.25, 0.3) is 0 Å². The Morgan fingerprint density at radius 2 is 2.36 bits per heavy atom. The Bertz CT molecular complexity index is 230. The van der Waals surface area contributed by atoms with Gasteiger partial charge in [-0.05, 0) is 19.7 Å². The Morgan fingerprint density at radius 1 is 1.82 bits per heavy atom. The summed E-state index contributed by atoms with van der Waals surface area (Å²) >= 11 is 0. The van der Waals surface area contributed by atoms with Crippen LogP contribution in [0.1, 0.15) is 6.92 Å². The summed E-state index contributed by atoms with van der Waals surface area (Å²) in [7, 11) is 0. The number of rotatable bonds is 3. The monoisotopic (exact) mass is 149 g/mol. The zero-order valence-corrected chi connectivity index (χ0v) is 6.54. The predicted octanol–water partition coefficient (Wildman–Crippen LogP) is 0.998. The lowest BCUT2D eigenvalue weighted by molar-refractivity contribution is 0.849. The van der Waals surface area contributed by atoms with Crippen molar-refractivity contribution in [3.05, 3.63) is 23.9 Å². The second kappa shape index (κ2) is 4.42. The van der Waals surface area contributed by atoms with Gasteiger partial charge < -0.3 is 5.73 Å². The van der Waals surface area contributed by atoms with Gasteiger partial charge in [0.15, 0.2) is 0 Å². The summed E-state index contributed by atoms with van der Waals surface area (Å²) in [6.45, 7) is 8.55. The van der Waals surface area contributed by atoms with Gasteiger partial charge in [-0.3, -0.25) is 4.99 Å². The molecule has 0 amide bonds. The smallest absolute Gasteiger partial charge is 0.0986 e. The lowest BCUT2D eigenvalue weighted by Gasteiger charge is -2.03. The summed E-state index contributed by atoms with van der Waals surface area (Å²) in [5.41, 5.74) is 6.42. The van der Waals surface area contributed by atoms with Crippen LogP contribution < -0.4 is 5.73 Å². The van der Waals surface area contributed by atoms with Gasteiger partial charge in [-0.25, -0.2) is 0 Å². The van der Waals surface area contributed by atoms with E-state index in [4.69, 9.17) is 11.0 Å². The molecule has 11 heavy (non-hydrogen) atoms. The third-order valence-electron chi connectivity index (χ3n) is 1.11. The fraction of sp³-hybridized carbons (Fsp3) is 0.250. The minimum Gasteiger partial charge on any atom is -0.323 e. The minimum atomic E-state index is -0.211. The molecule has 0 radical (unpaired) electrons. The molecule has 0 heterocycles. The Balaban J connectivity index is 4.51. The molecule has 0 saturated heterocycles. The quantitative estimate of drug-likeness (QED) is 0.369. The third kappa shape index (κ3) is 3.33. The molecule has 0 aromatic heterocycles. The molecule has 0 saturated carbocycles. The number of aliphatic imine (C=N–C) groups is 1. The average molecular weight is 149 g/mol. The second-order valence-electron chi connectivity index (χ2n) is 2.15. The molecule has 58 valence electrons. The van der Waals surface area contributed by atoms with E-state index < -0.39 is 0 Å². The first-order chi connectivity index (χ1) is 5.11. The highest BCUT2D eigenvalue weighted by molar-refractivity contribution is 5.38. The first-order valence-electron chi connectivity index (χ1n) is 3.14. The van der Waals surface area contributed by atoms with E-state index in [1.165, 1.54) is 6.08 Å². The fourth-order valence-corrected chi connectivity index (χ4v) is 0.532. The molecular formula is C8H11N3. The maximum atomic E-state index is 8.36. The standard InChI is InChI=1S/C8H11N3/c1-6(5-9)4-8(11-3)7(2)10/h4,7H,1,3,10H2,2H3/b8-4-. The van der Waals surface area contributed by atoms with Gasteiger partial charge in [0.1, 0.15) is 0 Å². The average Bonchev–Trinajstić information content (AvgIpc) is 1.99. The molecule has 2 N–H and O–H groups in total. The van der Waals surface area contributed by atoms with Gasteiger partial charge in [0.05, 0.1) is 11.8 Å². The molecule has 3 heteroatoms. The highest BCUT2D eigenvalue weighted by atomic mass is 14.8. The highest BCUT2D eigenvalue weighted by Gasteiger charge is 1.99. The molecule has 1 atom stereocenters. The molecular weight excluding hydrogens is 138 g/mol. The van der Waals surface area contributed by atoms with E-state index in [0.29, 0.717) is 11.3 Å². The number of nitrogens with zero attached hydrogens (tertiary/aromatic N) is 2. The summed E-state index contributed by atoms with van der Waals surface area (Å²) in [6.07, 6.45) is 1.53. The molecule has 0 bridgehead atoms. The maximum Gasteiger partial charge on any atom is 0.0986 e. The highest BCUT2D eigenvalue weighted by Crippen LogP contribution is 2.03. The Hall–Kier alpha value is -1.40. The van der Waals surface area contributed by atoms with Crippen LogP contribution in [0.4, 0.5) is 0 Å². The van der Waals surface area contributed by atoms with E-state index in [9.17, 15) is 0 Å². The molecule has 0 aliphatic carbocycles. The minimum absolute atomic E-state index is 0.211. The van der Waals surface area contributed by atoms with Crippen LogP contribution >= 0.6 is 0 Å². The number of hydrogen-bond acceptors (Lipinski definition) is 3. The number of allylic oxidation sites excluding steroid dienone is 2. The van der Waals surface area contributed by atoms with E-state index in [0.717, 1.165) is 0 Å². The van der Waals surface area contributed by atoms with Gasteiger partial charge in [0.2, 0.25) is 0 Å². The van der Waals surface area contributed by atoms with Crippen molar-refractivity contribution in [3.8, 4) is 6.07 Å². The molecule has 0 aliphatic rings. The van der Waals surface area contributed by atoms with Crippen molar-refractivity contribution >= 4 is 6.72 Å². The molecule has 3 nitrogen and oxygen atoms in total. The maximum absolute atomic E-state index is 8.36. The zero-order valence-electron chi connectivity index (χ0n) is 6.54. The van der Waals surface area contributed by atoms with E-state index >= 15 is 0 Å². The summed E-state index contributed by atoms with van der Waals surface area (Å²) in [5.74, 6) is 0. The van der Waals surface area contributed by atoms with Crippen LogP contribution in [0.5, 0.6) is 0 Å². The molecule has 0 rings (SSSR count).